The number of ether oxygens (including phenoxy) is 3. The predicted molar refractivity (Wildman–Crippen MR) is 197 cm³/mol. The van der Waals surface area contributed by atoms with Crippen molar-refractivity contribution in [3.63, 3.8) is 0 Å². The van der Waals surface area contributed by atoms with Crippen molar-refractivity contribution in [3.05, 3.63) is 54.6 Å². The first kappa shape index (κ1) is 41.4. The summed E-state index contributed by atoms with van der Waals surface area (Å²) in [7, 11) is -12.9. The summed E-state index contributed by atoms with van der Waals surface area (Å²) in [5.74, 6) is -2.22. The molecule has 1 aliphatic rings. The van der Waals surface area contributed by atoms with E-state index in [1.807, 2.05) is 0 Å². The summed E-state index contributed by atoms with van der Waals surface area (Å²) in [6, 6.07) is 7.63. The Morgan fingerprint density at radius 2 is 1.36 bits per heavy atom. The number of rotatable bonds is 12. The van der Waals surface area contributed by atoms with Gasteiger partial charge in [-0.2, -0.15) is 44.6 Å². The van der Waals surface area contributed by atoms with Gasteiger partial charge in [-0.25, -0.2) is 0 Å². The van der Waals surface area contributed by atoms with Crippen LogP contribution in [0.5, 0.6) is 23.0 Å². The van der Waals surface area contributed by atoms with E-state index >= 15 is 0 Å². The first-order valence-corrected chi connectivity index (χ1v) is 20.3. The summed E-state index contributed by atoms with van der Waals surface area (Å²) >= 11 is 0. The number of phenolic OH excluding ortho intramolecular Hbond substituents is 2. The van der Waals surface area contributed by atoms with Crippen LogP contribution in [-0.4, -0.2) is 105 Å². The minimum Gasteiger partial charge on any atom is -0.506 e. The Morgan fingerprint density at radius 3 is 1.95 bits per heavy atom. The minimum absolute atomic E-state index is 0.0114. The highest BCUT2D eigenvalue weighted by Crippen LogP contribution is 2.47. The molecule has 1 aromatic heterocycles. The van der Waals surface area contributed by atoms with E-state index in [0.29, 0.717) is 19.2 Å². The minimum atomic E-state index is -5.40. The van der Waals surface area contributed by atoms with E-state index in [4.69, 9.17) is 14.2 Å². The topological polar surface area (TPSA) is 335 Å². The number of benzene rings is 4. The van der Waals surface area contributed by atoms with Crippen LogP contribution in [0.4, 0.5) is 44.7 Å². The Hall–Kier alpha value is -6.23. The summed E-state index contributed by atoms with van der Waals surface area (Å²) in [5, 5.41) is 38.5. The number of anilines is 3. The van der Waals surface area contributed by atoms with Crippen LogP contribution in [0.1, 0.15) is 0 Å². The van der Waals surface area contributed by atoms with Crippen LogP contribution in [0.25, 0.3) is 10.8 Å². The van der Waals surface area contributed by atoms with E-state index in [2.05, 4.69) is 40.7 Å². The predicted octanol–water partition coefficient (Wildman–Crippen LogP) is 4.74. The fourth-order valence-corrected chi connectivity index (χ4v) is 7.45. The van der Waals surface area contributed by atoms with E-state index in [9.17, 15) is 53.5 Å². The van der Waals surface area contributed by atoms with Gasteiger partial charge in [-0.05, 0) is 36.4 Å². The number of nitrogens with one attached hydrogen (secondary N) is 1. The molecule has 0 bridgehead atoms. The van der Waals surface area contributed by atoms with Crippen LogP contribution in [0.15, 0.2) is 83.7 Å². The lowest BCUT2D eigenvalue weighted by Crippen LogP contribution is -2.37. The molecule has 0 saturated carbocycles. The fraction of sp³-hybridized carbons (Fsp3) is 0.194. The van der Waals surface area contributed by atoms with E-state index in [1.54, 1.807) is 4.90 Å². The maximum atomic E-state index is 14.5. The van der Waals surface area contributed by atoms with Crippen LogP contribution in [0.2, 0.25) is 0 Å². The van der Waals surface area contributed by atoms with Crippen molar-refractivity contribution >= 4 is 81.5 Å². The second-order valence-electron chi connectivity index (χ2n) is 11.7. The first-order valence-electron chi connectivity index (χ1n) is 16.0. The standard InChI is InChI=1S/C31H28FN9O14S3/c1-53-23-13-19(37-39-21-11-15(56(44,45)46)3-6-22(21)42)20(14-24(23)54-2)38-40-26-25(57(47,48)49)12-17-16(27(26)43)4-5-18(28(17)58(50,51)52)33-30-34-29(32)35-31(36-30)41-7-9-55-10-8-41/h3-6,11-14,42-43H,7-10H2,1-2H3,(H,44,45,46)(H,47,48,49)(H,50,51,52)(H,33,34,35,36). The molecule has 0 unspecified atom stereocenters. The van der Waals surface area contributed by atoms with Gasteiger partial charge in [-0.1, -0.05) is 0 Å². The van der Waals surface area contributed by atoms with Crippen molar-refractivity contribution in [1.29, 1.82) is 0 Å². The molecule has 27 heteroatoms. The number of morpholine rings is 1. The number of hydrogen-bond acceptors (Lipinski definition) is 20. The zero-order valence-corrected chi connectivity index (χ0v) is 32.0. The normalized spacial score (nSPS) is 14.1. The molecule has 6 N–H and O–H groups in total. The van der Waals surface area contributed by atoms with Gasteiger partial charge in [0.2, 0.25) is 11.9 Å². The molecule has 0 amide bonds. The van der Waals surface area contributed by atoms with Gasteiger partial charge in [-0.3, -0.25) is 13.7 Å². The lowest BCUT2D eigenvalue weighted by Gasteiger charge is -2.26. The quantitative estimate of drug-likeness (QED) is 0.0728. The monoisotopic (exact) mass is 865 g/mol. The Balaban J connectivity index is 1.49. The van der Waals surface area contributed by atoms with E-state index in [1.165, 1.54) is 26.4 Å². The average molecular weight is 866 g/mol. The van der Waals surface area contributed by atoms with Crippen molar-refractivity contribution < 1.29 is 67.7 Å². The van der Waals surface area contributed by atoms with Gasteiger partial charge >= 0.3 is 6.08 Å². The molecule has 2 heterocycles. The Kier molecular flexibility index (Phi) is 11.4. The molecular weight excluding hydrogens is 838 g/mol. The molecule has 0 spiro atoms. The van der Waals surface area contributed by atoms with Crippen molar-refractivity contribution in [2.24, 2.45) is 20.5 Å². The highest BCUT2D eigenvalue weighted by atomic mass is 32.2. The van der Waals surface area contributed by atoms with Crippen LogP contribution in [0, 0.1) is 6.08 Å². The van der Waals surface area contributed by atoms with Gasteiger partial charge in [0.15, 0.2) is 17.2 Å². The van der Waals surface area contributed by atoms with Gasteiger partial charge in [0.1, 0.15) is 38.3 Å². The maximum absolute atomic E-state index is 14.5. The molecule has 23 nitrogen and oxygen atoms in total. The second kappa shape index (κ2) is 16.0. The molecule has 0 atom stereocenters. The summed E-state index contributed by atoms with van der Waals surface area (Å²) in [6.07, 6.45) is -1.25. The third-order valence-electron chi connectivity index (χ3n) is 8.11. The number of hydrogen-bond donors (Lipinski definition) is 6. The summed E-state index contributed by atoms with van der Waals surface area (Å²) in [4.78, 5) is 9.95. The molecule has 1 aliphatic heterocycles. The Bertz CT molecular complexity index is 2860. The fourth-order valence-electron chi connectivity index (χ4n) is 5.46. The highest BCUT2D eigenvalue weighted by molar-refractivity contribution is 7.86. The second-order valence-corrected chi connectivity index (χ2v) is 15.9. The number of methoxy groups -OCH3 is 2. The summed E-state index contributed by atoms with van der Waals surface area (Å²) < 4.78 is 135. The van der Waals surface area contributed by atoms with Crippen molar-refractivity contribution in [1.82, 2.24) is 15.0 Å². The molecule has 6 rings (SSSR count). The lowest BCUT2D eigenvalue weighted by molar-refractivity contribution is 0.122. The van der Waals surface area contributed by atoms with Crippen molar-refractivity contribution in [2.75, 3.05) is 50.7 Å². The number of fused-ring (bicyclic) bond motifs is 1. The first-order chi connectivity index (χ1) is 27.3. The van der Waals surface area contributed by atoms with E-state index < -0.39 is 96.4 Å². The summed E-state index contributed by atoms with van der Waals surface area (Å²) in [6.45, 7) is 1.17. The number of nitrogens with zero attached hydrogens (tertiary/aromatic N) is 8. The van der Waals surface area contributed by atoms with Gasteiger partial charge < -0.3 is 34.6 Å². The van der Waals surface area contributed by atoms with Gasteiger partial charge in [0, 0.05) is 36.0 Å². The Labute approximate surface area is 326 Å². The molecule has 306 valence electrons. The van der Waals surface area contributed by atoms with Crippen LogP contribution >= 0.6 is 0 Å². The van der Waals surface area contributed by atoms with Crippen molar-refractivity contribution in [3.8, 4) is 23.0 Å². The summed E-state index contributed by atoms with van der Waals surface area (Å²) in [5.41, 5.74) is -2.44. The van der Waals surface area contributed by atoms with Crippen molar-refractivity contribution in [2.45, 2.75) is 14.7 Å². The SMILES string of the molecule is COc1cc(N=Nc2cc(S(=O)(=O)O)ccc2O)c(N=Nc2c(S(=O)(=O)O)cc3c(S(=O)(=O)O)c(Nc4nc(F)nc(N5CCOCC5)n4)ccc3c2O)cc1OC. The molecule has 1 fully saturated rings. The highest BCUT2D eigenvalue weighted by Gasteiger charge is 2.29. The zero-order valence-electron chi connectivity index (χ0n) is 29.5. The van der Waals surface area contributed by atoms with Gasteiger partial charge in [0.05, 0.1) is 38.0 Å². The molecule has 0 aliphatic carbocycles. The Morgan fingerprint density at radius 1 is 0.741 bits per heavy atom. The third kappa shape index (κ3) is 8.83. The van der Waals surface area contributed by atoms with E-state index in [-0.39, 0.29) is 42.0 Å². The van der Waals surface area contributed by atoms with Gasteiger partial charge in [0.25, 0.3) is 30.4 Å². The smallest absolute Gasteiger partial charge is 0.315 e. The van der Waals surface area contributed by atoms with Crippen LogP contribution < -0.4 is 19.7 Å². The largest absolute Gasteiger partial charge is 0.506 e. The van der Waals surface area contributed by atoms with Gasteiger partial charge in [-0.15, -0.1) is 20.5 Å². The zero-order chi connectivity index (χ0) is 42.2. The number of aromatic hydroxyl groups is 2. The average Bonchev–Trinajstić information content (AvgIpc) is 3.15. The molecular formula is C31H28FN9O14S3. The number of phenols is 2. The maximum Gasteiger partial charge on any atom is 0.315 e. The molecule has 0 radical (unpaired) electrons. The van der Waals surface area contributed by atoms with Crippen LogP contribution in [0.3, 0.4) is 0 Å². The lowest BCUT2D eigenvalue weighted by atomic mass is 10.1. The number of azo groups is 2. The van der Waals surface area contributed by atoms with Crippen LogP contribution in [-0.2, 0) is 35.1 Å². The number of halogens is 1. The third-order valence-corrected chi connectivity index (χ3v) is 10.8. The molecule has 5 aromatic rings. The molecule has 1 saturated heterocycles. The number of aromatic nitrogens is 3. The molecule has 4 aromatic carbocycles. The van der Waals surface area contributed by atoms with E-state index in [0.717, 1.165) is 30.3 Å². The molecule has 58 heavy (non-hydrogen) atoms.